The third kappa shape index (κ3) is 6.74. The third-order valence-electron chi connectivity index (χ3n) is 5.26. The molecule has 2 aromatic heterocycles. The first kappa shape index (κ1) is 20.0. The summed E-state index contributed by atoms with van der Waals surface area (Å²) in [5, 5.41) is 5.59. The summed E-state index contributed by atoms with van der Waals surface area (Å²) in [6.45, 7) is 2.70. The van der Waals surface area contributed by atoms with Crippen LogP contribution in [0.2, 0.25) is 0 Å². The minimum absolute atomic E-state index is 0.295. The minimum atomic E-state index is 0.295. The van der Waals surface area contributed by atoms with Crippen molar-refractivity contribution in [3.63, 3.8) is 0 Å². The van der Waals surface area contributed by atoms with Gasteiger partial charge in [-0.05, 0) is 75.2 Å². The van der Waals surface area contributed by atoms with Crippen LogP contribution < -0.4 is 5.32 Å². The molecule has 0 aromatic carbocycles. The molecular formula is C22H31N3OS. The average Bonchev–Trinajstić information content (AvgIpc) is 3.07. The van der Waals surface area contributed by atoms with Crippen LogP contribution in [-0.4, -0.2) is 34.9 Å². The number of carbonyl (C=O) groups is 1. The van der Waals surface area contributed by atoms with Gasteiger partial charge in [0, 0.05) is 23.5 Å². The molecule has 146 valence electrons. The highest BCUT2D eigenvalue weighted by molar-refractivity contribution is 7.09. The first-order chi connectivity index (χ1) is 13.3. The van der Waals surface area contributed by atoms with Crippen molar-refractivity contribution in [3.8, 4) is 0 Å². The number of thiophene rings is 1. The molecule has 1 aliphatic rings. The molecule has 0 radical (unpaired) electrons. The molecule has 1 fully saturated rings. The summed E-state index contributed by atoms with van der Waals surface area (Å²) in [7, 11) is 0. The number of hydrogen-bond donors (Lipinski definition) is 1. The molecule has 27 heavy (non-hydrogen) atoms. The van der Waals surface area contributed by atoms with Crippen LogP contribution in [0, 0.1) is 0 Å². The van der Waals surface area contributed by atoms with Gasteiger partial charge in [0.05, 0.1) is 12.2 Å². The van der Waals surface area contributed by atoms with Crippen molar-refractivity contribution in [1.29, 1.82) is 0 Å². The zero-order chi connectivity index (χ0) is 18.7. The number of aromatic nitrogens is 1. The maximum Gasteiger partial charge on any atom is 0.223 e. The standard InChI is InChI=1S/C22H31N3OS/c26-22(12-3-1-2-10-21-11-7-17-27-21)25(18-19-8-4-5-15-24-19)20-9-6-14-23-16-13-20/h4-5,7-8,11,15,17,20,23H,1-3,6,9-10,12-14,16,18H2. The Balaban J connectivity index is 1.51. The van der Waals surface area contributed by atoms with Crippen molar-refractivity contribution in [3.05, 3.63) is 52.5 Å². The quantitative estimate of drug-likeness (QED) is 0.650. The fourth-order valence-corrected chi connectivity index (χ4v) is 4.50. The second kappa shape index (κ2) is 11.2. The van der Waals surface area contributed by atoms with Crippen molar-refractivity contribution in [2.24, 2.45) is 0 Å². The van der Waals surface area contributed by atoms with Crippen LogP contribution in [-0.2, 0) is 17.8 Å². The van der Waals surface area contributed by atoms with Crippen LogP contribution in [0.1, 0.15) is 55.5 Å². The molecule has 1 saturated heterocycles. The van der Waals surface area contributed by atoms with Gasteiger partial charge in [-0.2, -0.15) is 0 Å². The minimum Gasteiger partial charge on any atom is -0.334 e. The van der Waals surface area contributed by atoms with E-state index in [1.807, 2.05) is 35.7 Å². The van der Waals surface area contributed by atoms with Crippen LogP contribution in [0.3, 0.4) is 0 Å². The Morgan fingerprint density at radius 2 is 2.11 bits per heavy atom. The van der Waals surface area contributed by atoms with Gasteiger partial charge in [0.25, 0.3) is 0 Å². The van der Waals surface area contributed by atoms with Crippen molar-refractivity contribution in [2.45, 2.75) is 64.0 Å². The molecule has 0 spiro atoms. The van der Waals surface area contributed by atoms with Gasteiger partial charge in [-0.25, -0.2) is 0 Å². The number of rotatable bonds is 9. The van der Waals surface area contributed by atoms with E-state index in [0.717, 1.165) is 57.3 Å². The highest BCUT2D eigenvalue weighted by Crippen LogP contribution is 2.19. The third-order valence-corrected chi connectivity index (χ3v) is 6.19. The van der Waals surface area contributed by atoms with Gasteiger partial charge in [-0.3, -0.25) is 9.78 Å². The maximum atomic E-state index is 13.0. The summed E-state index contributed by atoms with van der Waals surface area (Å²) in [5.41, 5.74) is 0.987. The second-order valence-electron chi connectivity index (χ2n) is 7.32. The number of nitrogens with one attached hydrogen (secondary N) is 1. The Labute approximate surface area is 167 Å². The molecule has 4 nitrogen and oxygen atoms in total. The van der Waals surface area contributed by atoms with Gasteiger partial charge in [-0.15, -0.1) is 11.3 Å². The van der Waals surface area contributed by atoms with E-state index in [4.69, 9.17) is 0 Å². The molecule has 3 rings (SSSR count). The number of amides is 1. The highest BCUT2D eigenvalue weighted by atomic mass is 32.1. The summed E-state index contributed by atoms with van der Waals surface area (Å²) < 4.78 is 0. The summed E-state index contributed by atoms with van der Waals surface area (Å²) in [6.07, 6.45) is 10.1. The lowest BCUT2D eigenvalue weighted by Crippen LogP contribution is -2.40. The topological polar surface area (TPSA) is 45.2 Å². The van der Waals surface area contributed by atoms with Crippen molar-refractivity contribution in [1.82, 2.24) is 15.2 Å². The van der Waals surface area contributed by atoms with Crippen LogP contribution in [0.5, 0.6) is 0 Å². The number of hydrogen-bond acceptors (Lipinski definition) is 4. The van der Waals surface area contributed by atoms with E-state index in [9.17, 15) is 4.79 Å². The summed E-state index contributed by atoms with van der Waals surface area (Å²) in [6, 6.07) is 10.6. The second-order valence-corrected chi connectivity index (χ2v) is 8.35. The van der Waals surface area contributed by atoms with Gasteiger partial charge in [0.2, 0.25) is 5.91 Å². The molecule has 1 aliphatic heterocycles. The van der Waals surface area contributed by atoms with Crippen LogP contribution in [0.25, 0.3) is 0 Å². The van der Waals surface area contributed by atoms with Crippen molar-refractivity contribution < 1.29 is 4.79 Å². The fourth-order valence-electron chi connectivity index (χ4n) is 3.75. The monoisotopic (exact) mass is 385 g/mol. The zero-order valence-corrected chi connectivity index (χ0v) is 16.9. The van der Waals surface area contributed by atoms with E-state index in [-0.39, 0.29) is 0 Å². The Bertz CT molecular complexity index is 651. The van der Waals surface area contributed by atoms with Gasteiger partial charge in [0.1, 0.15) is 0 Å². The van der Waals surface area contributed by atoms with E-state index < -0.39 is 0 Å². The molecule has 1 unspecified atom stereocenters. The van der Waals surface area contributed by atoms with E-state index in [0.29, 0.717) is 24.9 Å². The number of unbranched alkanes of at least 4 members (excludes halogenated alkanes) is 2. The predicted octanol–water partition coefficient (Wildman–Crippen LogP) is 4.42. The van der Waals surface area contributed by atoms with Gasteiger partial charge >= 0.3 is 0 Å². The SMILES string of the molecule is O=C(CCCCCc1cccs1)N(Cc1ccccn1)C1CCCNCC1. The van der Waals surface area contributed by atoms with E-state index in [1.54, 1.807) is 0 Å². The van der Waals surface area contributed by atoms with E-state index >= 15 is 0 Å². The number of aryl methyl sites for hydroxylation is 1. The van der Waals surface area contributed by atoms with Crippen molar-refractivity contribution >= 4 is 17.2 Å². The van der Waals surface area contributed by atoms with E-state index in [2.05, 4.69) is 32.7 Å². The van der Waals surface area contributed by atoms with Gasteiger partial charge in [-0.1, -0.05) is 18.6 Å². The fraction of sp³-hybridized carbons (Fsp3) is 0.545. The molecule has 1 N–H and O–H groups in total. The molecule has 1 amide bonds. The Kier molecular flexibility index (Phi) is 8.31. The maximum absolute atomic E-state index is 13.0. The molecule has 0 aliphatic carbocycles. The van der Waals surface area contributed by atoms with Gasteiger partial charge < -0.3 is 10.2 Å². The molecule has 3 heterocycles. The number of nitrogens with zero attached hydrogens (tertiary/aromatic N) is 2. The highest BCUT2D eigenvalue weighted by Gasteiger charge is 2.24. The normalized spacial score (nSPS) is 17.4. The molecule has 0 saturated carbocycles. The summed E-state index contributed by atoms with van der Waals surface area (Å²) in [5.74, 6) is 0.295. The first-order valence-corrected chi connectivity index (χ1v) is 11.1. The summed E-state index contributed by atoms with van der Waals surface area (Å²) >= 11 is 1.83. The molecule has 5 heteroatoms. The Hall–Kier alpha value is -1.72. The average molecular weight is 386 g/mol. The molecule has 1 atom stereocenters. The molecular weight excluding hydrogens is 354 g/mol. The van der Waals surface area contributed by atoms with Crippen molar-refractivity contribution in [2.75, 3.05) is 13.1 Å². The van der Waals surface area contributed by atoms with Crippen LogP contribution in [0.4, 0.5) is 0 Å². The molecule has 0 bridgehead atoms. The van der Waals surface area contributed by atoms with Gasteiger partial charge in [0.15, 0.2) is 0 Å². The lowest BCUT2D eigenvalue weighted by atomic mass is 10.0. The number of carbonyl (C=O) groups excluding carboxylic acids is 1. The zero-order valence-electron chi connectivity index (χ0n) is 16.1. The smallest absolute Gasteiger partial charge is 0.223 e. The number of pyridine rings is 1. The lowest BCUT2D eigenvalue weighted by Gasteiger charge is -2.31. The first-order valence-electron chi connectivity index (χ1n) is 10.3. The van der Waals surface area contributed by atoms with Crippen LogP contribution in [0.15, 0.2) is 41.9 Å². The summed E-state index contributed by atoms with van der Waals surface area (Å²) in [4.78, 5) is 21.0. The largest absolute Gasteiger partial charge is 0.334 e. The predicted molar refractivity (Wildman–Crippen MR) is 112 cm³/mol. The Morgan fingerprint density at radius 3 is 2.93 bits per heavy atom. The molecule has 2 aromatic rings. The van der Waals surface area contributed by atoms with E-state index in [1.165, 1.54) is 11.3 Å². The van der Waals surface area contributed by atoms with Crippen LogP contribution >= 0.6 is 11.3 Å². The Morgan fingerprint density at radius 1 is 1.15 bits per heavy atom. The lowest BCUT2D eigenvalue weighted by molar-refractivity contribution is -0.134.